The van der Waals surface area contributed by atoms with Gasteiger partial charge in [-0.25, -0.2) is 0 Å². The lowest BCUT2D eigenvalue weighted by Gasteiger charge is -2.01. The van der Waals surface area contributed by atoms with E-state index in [0.717, 1.165) is 0 Å². The van der Waals surface area contributed by atoms with E-state index in [1.54, 1.807) is 0 Å². The quantitative estimate of drug-likeness (QED) is 0.401. The van der Waals surface area contributed by atoms with Crippen LogP contribution >= 0.6 is 22.7 Å². The van der Waals surface area contributed by atoms with Gasteiger partial charge in [-0.05, 0) is 35.0 Å². The van der Waals surface area contributed by atoms with Crippen LogP contribution in [0.4, 0.5) is 0 Å². The molecule has 0 unspecified atom stereocenters. The van der Waals surface area contributed by atoms with Gasteiger partial charge >= 0.3 is 0 Å². The molecule has 66 valence electrons. The summed E-state index contributed by atoms with van der Waals surface area (Å²) < 4.78 is 2.82. The Bertz CT molecular complexity index is 683. The molecule has 14 heavy (non-hydrogen) atoms. The lowest BCUT2D eigenvalue weighted by Crippen LogP contribution is -1.79. The summed E-state index contributed by atoms with van der Waals surface area (Å²) in [6.07, 6.45) is 4.42. The lowest BCUT2D eigenvalue weighted by molar-refractivity contribution is 1.85. The third kappa shape index (κ3) is 0.740. The van der Waals surface area contributed by atoms with Crippen molar-refractivity contribution in [3.63, 3.8) is 0 Å². The molecule has 2 heterocycles. The van der Waals surface area contributed by atoms with Crippen molar-refractivity contribution in [1.29, 1.82) is 0 Å². The highest BCUT2D eigenvalue weighted by molar-refractivity contribution is 7.21. The zero-order valence-electron chi connectivity index (χ0n) is 7.28. The molecule has 0 saturated heterocycles. The van der Waals surface area contributed by atoms with Crippen LogP contribution in [0.1, 0.15) is 10.4 Å². The van der Waals surface area contributed by atoms with Gasteiger partial charge in [0.2, 0.25) is 0 Å². The van der Waals surface area contributed by atoms with E-state index < -0.39 is 0 Å². The van der Waals surface area contributed by atoms with E-state index in [1.165, 1.54) is 30.6 Å². The molecule has 0 nitrogen and oxygen atoms in total. The standard InChI is InChI=1S/C12H6S2/c1-2-10-8(1)9-6-11-7(3-4-13-11)5-12(9)14-10/h1-6H. The van der Waals surface area contributed by atoms with Gasteiger partial charge < -0.3 is 0 Å². The third-order valence-corrected chi connectivity index (χ3v) is 4.74. The van der Waals surface area contributed by atoms with E-state index in [1.807, 2.05) is 22.7 Å². The topological polar surface area (TPSA) is 0 Å². The first-order valence-electron chi connectivity index (χ1n) is 4.54. The molecule has 2 heteroatoms. The van der Waals surface area contributed by atoms with Crippen LogP contribution in [-0.4, -0.2) is 0 Å². The molecule has 0 fully saturated rings. The van der Waals surface area contributed by atoms with Gasteiger partial charge in [-0.2, -0.15) is 0 Å². The summed E-state index contributed by atoms with van der Waals surface area (Å²) in [6.45, 7) is 0. The highest BCUT2D eigenvalue weighted by Gasteiger charge is 2.14. The Labute approximate surface area is 89.1 Å². The van der Waals surface area contributed by atoms with E-state index in [0.29, 0.717) is 0 Å². The summed E-state index contributed by atoms with van der Waals surface area (Å²) in [5.41, 5.74) is 1.44. The zero-order chi connectivity index (χ0) is 9.12. The fourth-order valence-corrected chi connectivity index (χ4v) is 3.88. The minimum atomic E-state index is 1.38. The normalized spacial score (nSPS) is 13.4. The fraction of sp³-hybridized carbons (Fsp3) is 0. The van der Waals surface area contributed by atoms with Crippen LogP contribution in [0.2, 0.25) is 0 Å². The van der Waals surface area contributed by atoms with E-state index in [-0.39, 0.29) is 0 Å². The molecule has 0 saturated carbocycles. The molecule has 0 N–H and O–H groups in total. The van der Waals surface area contributed by atoms with Gasteiger partial charge in [0.25, 0.3) is 0 Å². The molecule has 0 radical (unpaired) electrons. The van der Waals surface area contributed by atoms with Crippen LogP contribution in [-0.2, 0) is 0 Å². The first-order valence-corrected chi connectivity index (χ1v) is 6.23. The van der Waals surface area contributed by atoms with Gasteiger partial charge in [-0.1, -0.05) is 6.08 Å². The molecular weight excluding hydrogens is 208 g/mol. The summed E-state index contributed by atoms with van der Waals surface area (Å²) in [6, 6.07) is 6.84. The van der Waals surface area contributed by atoms with Crippen molar-refractivity contribution < 1.29 is 0 Å². The molecular formula is C12H6S2. The van der Waals surface area contributed by atoms with Crippen molar-refractivity contribution in [1.82, 2.24) is 0 Å². The maximum Gasteiger partial charge on any atom is 0.0362 e. The van der Waals surface area contributed by atoms with Crippen LogP contribution in [0, 0.1) is 0 Å². The van der Waals surface area contributed by atoms with Gasteiger partial charge in [-0.15, -0.1) is 22.7 Å². The Morgan fingerprint density at radius 3 is 2.86 bits per heavy atom. The Kier molecular flexibility index (Phi) is 1.17. The summed E-state index contributed by atoms with van der Waals surface area (Å²) in [5, 5.41) is 4.97. The fourth-order valence-electron chi connectivity index (χ4n) is 1.95. The van der Waals surface area contributed by atoms with Crippen LogP contribution in [0.15, 0.2) is 23.6 Å². The van der Waals surface area contributed by atoms with Crippen molar-refractivity contribution in [3.05, 3.63) is 34.0 Å². The summed E-state index contributed by atoms with van der Waals surface area (Å²) in [5.74, 6) is 0. The van der Waals surface area contributed by atoms with Crippen molar-refractivity contribution in [3.8, 4) is 0 Å². The first-order chi connectivity index (χ1) is 6.92. The average molecular weight is 214 g/mol. The smallest absolute Gasteiger partial charge is 0.0362 e. The maximum absolute atomic E-state index is 2.33. The lowest BCUT2D eigenvalue weighted by atomic mass is 10.0. The summed E-state index contributed by atoms with van der Waals surface area (Å²) in [4.78, 5) is 1.44. The van der Waals surface area contributed by atoms with E-state index in [9.17, 15) is 0 Å². The van der Waals surface area contributed by atoms with E-state index in [4.69, 9.17) is 0 Å². The SMILES string of the molecule is C1=Cc2c1sc1cc3ccsc3cc21. The predicted molar refractivity (Wildman–Crippen MR) is 66.1 cm³/mol. The van der Waals surface area contributed by atoms with Crippen LogP contribution in [0.25, 0.3) is 32.3 Å². The third-order valence-electron chi connectivity index (χ3n) is 2.73. The van der Waals surface area contributed by atoms with Crippen molar-refractivity contribution >= 4 is 55.0 Å². The Morgan fingerprint density at radius 2 is 2.00 bits per heavy atom. The highest BCUT2D eigenvalue weighted by Crippen LogP contribution is 2.41. The molecule has 3 aromatic rings. The monoisotopic (exact) mass is 214 g/mol. The van der Waals surface area contributed by atoms with Crippen molar-refractivity contribution in [2.75, 3.05) is 0 Å². The average Bonchev–Trinajstić information content (AvgIpc) is 2.66. The molecule has 1 aliphatic rings. The second-order valence-electron chi connectivity index (χ2n) is 3.52. The van der Waals surface area contributed by atoms with Gasteiger partial charge in [0.05, 0.1) is 0 Å². The molecule has 0 atom stereocenters. The molecule has 2 aromatic heterocycles. The number of hydrogen-bond donors (Lipinski definition) is 0. The van der Waals surface area contributed by atoms with Crippen LogP contribution < -0.4 is 0 Å². The number of thiophene rings is 2. The predicted octanol–water partition coefficient (Wildman–Crippen LogP) is 4.60. The molecule has 0 amide bonds. The maximum atomic E-state index is 2.33. The van der Waals surface area contributed by atoms with Gasteiger partial charge in [0.1, 0.15) is 0 Å². The molecule has 0 aliphatic heterocycles. The molecule has 1 aliphatic carbocycles. The second-order valence-corrected chi connectivity index (χ2v) is 5.55. The van der Waals surface area contributed by atoms with Gasteiger partial charge in [-0.3, -0.25) is 0 Å². The van der Waals surface area contributed by atoms with E-state index in [2.05, 4.69) is 35.7 Å². The number of fused-ring (bicyclic) bond motifs is 4. The summed E-state index contributed by atoms with van der Waals surface area (Å²) >= 11 is 3.73. The molecule has 0 bridgehead atoms. The van der Waals surface area contributed by atoms with Crippen LogP contribution in [0.5, 0.6) is 0 Å². The zero-order valence-corrected chi connectivity index (χ0v) is 8.91. The Morgan fingerprint density at radius 1 is 1.00 bits per heavy atom. The molecule has 1 aromatic carbocycles. The Balaban J connectivity index is 2.29. The Hall–Kier alpha value is -1.12. The van der Waals surface area contributed by atoms with Crippen molar-refractivity contribution in [2.45, 2.75) is 0 Å². The highest BCUT2D eigenvalue weighted by atomic mass is 32.1. The van der Waals surface area contributed by atoms with Crippen molar-refractivity contribution in [2.24, 2.45) is 0 Å². The van der Waals surface area contributed by atoms with Gasteiger partial charge in [0, 0.05) is 25.2 Å². The minimum Gasteiger partial charge on any atom is -0.144 e. The summed E-state index contributed by atoms with van der Waals surface area (Å²) in [7, 11) is 0. The van der Waals surface area contributed by atoms with Gasteiger partial charge in [0.15, 0.2) is 0 Å². The molecule has 4 rings (SSSR count). The second kappa shape index (κ2) is 2.27. The van der Waals surface area contributed by atoms with Crippen LogP contribution in [0.3, 0.4) is 0 Å². The number of rotatable bonds is 0. The number of benzene rings is 1. The van der Waals surface area contributed by atoms with E-state index >= 15 is 0 Å². The first kappa shape index (κ1) is 7.21. The minimum absolute atomic E-state index is 1.38. The number of hydrogen-bond acceptors (Lipinski definition) is 2. The largest absolute Gasteiger partial charge is 0.144 e. The molecule has 0 spiro atoms.